The van der Waals surface area contributed by atoms with Crippen molar-refractivity contribution in [3.63, 3.8) is 0 Å². The highest BCUT2D eigenvalue weighted by molar-refractivity contribution is 9.10. The van der Waals surface area contributed by atoms with Crippen molar-refractivity contribution in [3.8, 4) is 0 Å². The summed E-state index contributed by atoms with van der Waals surface area (Å²) in [5.41, 5.74) is 6.05. The Bertz CT molecular complexity index is 291. The molecule has 1 aromatic rings. The van der Waals surface area contributed by atoms with Gasteiger partial charge in [-0.3, -0.25) is 4.90 Å². The van der Waals surface area contributed by atoms with E-state index >= 15 is 0 Å². The van der Waals surface area contributed by atoms with Gasteiger partial charge in [-0.2, -0.15) is 0 Å². The van der Waals surface area contributed by atoms with Crippen LogP contribution in [0.1, 0.15) is 5.56 Å². The molecule has 72 valence electrons. The SMILES string of the molecule is CN(CN)Cc1cc(Br)ccc1F. The predicted octanol–water partition coefficient (Wildman–Crippen LogP) is 1.94. The van der Waals surface area contributed by atoms with Gasteiger partial charge in [0, 0.05) is 23.2 Å². The third kappa shape index (κ3) is 3.06. The number of hydrogen-bond acceptors (Lipinski definition) is 2. The Hall–Kier alpha value is -0.450. The molecule has 0 aliphatic carbocycles. The van der Waals surface area contributed by atoms with E-state index < -0.39 is 0 Å². The molecule has 0 saturated carbocycles. The highest BCUT2D eigenvalue weighted by Gasteiger charge is 2.04. The predicted molar refractivity (Wildman–Crippen MR) is 54.6 cm³/mol. The van der Waals surface area contributed by atoms with Gasteiger partial charge in [0.1, 0.15) is 5.82 Å². The van der Waals surface area contributed by atoms with Gasteiger partial charge in [0.25, 0.3) is 0 Å². The molecule has 0 aromatic heterocycles. The van der Waals surface area contributed by atoms with E-state index in [2.05, 4.69) is 15.9 Å². The summed E-state index contributed by atoms with van der Waals surface area (Å²) in [7, 11) is 1.85. The van der Waals surface area contributed by atoms with Gasteiger partial charge in [-0.1, -0.05) is 15.9 Å². The van der Waals surface area contributed by atoms with Crippen LogP contribution in [0.25, 0.3) is 0 Å². The van der Waals surface area contributed by atoms with Crippen LogP contribution in [0.2, 0.25) is 0 Å². The van der Waals surface area contributed by atoms with Crippen molar-refractivity contribution in [1.82, 2.24) is 4.90 Å². The van der Waals surface area contributed by atoms with E-state index in [0.717, 1.165) is 4.47 Å². The molecule has 0 aliphatic heterocycles. The highest BCUT2D eigenvalue weighted by atomic mass is 79.9. The molecule has 0 aliphatic rings. The molecule has 0 unspecified atom stereocenters. The van der Waals surface area contributed by atoms with Crippen LogP contribution in [-0.4, -0.2) is 18.6 Å². The number of hydrogen-bond donors (Lipinski definition) is 1. The van der Waals surface area contributed by atoms with E-state index in [0.29, 0.717) is 18.8 Å². The molecule has 0 amide bonds. The maximum atomic E-state index is 13.2. The van der Waals surface area contributed by atoms with Gasteiger partial charge in [-0.25, -0.2) is 4.39 Å². The van der Waals surface area contributed by atoms with Gasteiger partial charge in [0.05, 0.1) is 0 Å². The molecular formula is C9H12BrFN2. The summed E-state index contributed by atoms with van der Waals surface area (Å²) in [6.07, 6.45) is 0. The molecule has 1 aromatic carbocycles. The smallest absolute Gasteiger partial charge is 0.127 e. The summed E-state index contributed by atoms with van der Waals surface area (Å²) >= 11 is 3.29. The summed E-state index contributed by atoms with van der Waals surface area (Å²) in [4.78, 5) is 1.84. The molecule has 1 rings (SSSR count). The summed E-state index contributed by atoms with van der Waals surface area (Å²) in [6, 6.07) is 4.90. The van der Waals surface area contributed by atoms with Crippen LogP contribution in [0.4, 0.5) is 4.39 Å². The summed E-state index contributed by atoms with van der Waals surface area (Å²) in [6.45, 7) is 0.952. The molecule has 4 heteroatoms. The van der Waals surface area contributed by atoms with Gasteiger partial charge < -0.3 is 5.73 Å². The highest BCUT2D eigenvalue weighted by Crippen LogP contribution is 2.16. The fraction of sp³-hybridized carbons (Fsp3) is 0.333. The first kappa shape index (κ1) is 10.6. The average Bonchev–Trinajstić information content (AvgIpc) is 2.11. The Kier molecular flexibility index (Phi) is 3.84. The Morgan fingerprint density at radius 3 is 2.85 bits per heavy atom. The quantitative estimate of drug-likeness (QED) is 0.827. The van der Waals surface area contributed by atoms with Crippen molar-refractivity contribution in [1.29, 1.82) is 0 Å². The number of rotatable bonds is 3. The molecule has 0 radical (unpaired) electrons. The fourth-order valence-corrected chi connectivity index (χ4v) is 1.43. The molecule has 13 heavy (non-hydrogen) atoms. The molecule has 0 atom stereocenters. The zero-order valence-electron chi connectivity index (χ0n) is 7.43. The zero-order valence-corrected chi connectivity index (χ0v) is 9.01. The standard InChI is InChI=1S/C9H12BrFN2/c1-13(6-12)5-7-4-8(10)2-3-9(7)11/h2-4H,5-6,12H2,1H3. The van der Waals surface area contributed by atoms with E-state index in [9.17, 15) is 4.39 Å². The van der Waals surface area contributed by atoms with Crippen LogP contribution >= 0.6 is 15.9 Å². The minimum Gasteiger partial charge on any atom is -0.318 e. The van der Waals surface area contributed by atoms with Crippen LogP contribution < -0.4 is 5.73 Å². The van der Waals surface area contributed by atoms with Crippen molar-refractivity contribution in [3.05, 3.63) is 34.1 Å². The lowest BCUT2D eigenvalue weighted by Crippen LogP contribution is -2.25. The van der Waals surface area contributed by atoms with E-state index in [1.165, 1.54) is 6.07 Å². The summed E-state index contributed by atoms with van der Waals surface area (Å²) < 4.78 is 14.1. The van der Waals surface area contributed by atoms with Crippen LogP contribution in [-0.2, 0) is 6.54 Å². The maximum absolute atomic E-state index is 13.2. The maximum Gasteiger partial charge on any atom is 0.127 e. The second-order valence-corrected chi connectivity index (χ2v) is 3.85. The number of nitrogens with two attached hydrogens (primary N) is 1. The lowest BCUT2D eigenvalue weighted by Gasteiger charge is -2.14. The molecule has 0 heterocycles. The van der Waals surface area contributed by atoms with Gasteiger partial charge in [-0.05, 0) is 25.2 Å². The lowest BCUT2D eigenvalue weighted by molar-refractivity contribution is 0.331. The number of nitrogens with zero attached hydrogens (tertiary/aromatic N) is 1. The number of halogens is 2. The molecule has 2 N–H and O–H groups in total. The van der Waals surface area contributed by atoms with Gasteiger partial charge in [0.2, 0.25) is 0 Å². The van der Waals surface area contributed by atoms with Crippen molar-refractivity contribution in [2.45, 2.75) is 6.54 Å². The first-order valence-electron chi connectivity index (χ1n) is 3.96. The molecule has 2 nitrogen and oxygen atoms in total. The third-order valence-electron chi connectivity index (χ3n) is 1.76. The topological polar surface area (TPSA) is 29.3 Å². The van der Waals surface area contributed by atoms with Gasteiger partial charge >= 0.3 is 0 Å². The Morgan fingerprint density at radius 2 is 2.23 bits per heavy atom. The van der Waals surface area contributed by atoms with Crippen LogP contribution in [0.5, 0.6) is 0 Å². The van der Waals surface area contributed by atoms with Crippen LogP contribution in [0.3, 0.4) is 0 Å². The van der Waals surface area contributed by atoms with E-state index in [4.69, 9.17) is 5.73 Å². The van der Waals surface area contributed by atoms with Crippen molar-refractivity contribution in [2.24, 2.45) is 5.73 Å². The van der Waals surface area contributed by atoms with Crippen molar-refractivity contribution >= 4 is 15.9 Å². The minimum atomic E-state index is -0.191. The second-order valence-electron chi connectivity index (χ2n) is 2.93. The van der Waals surface area contributed by atoms with Crippen LogP contribution in [0.15, 0.2) is 22.7 Å². The van der Waals surface area contributed by atoms with Gasteiger partial charge in [-0.15, -0.1) is 0 Å². The molecular weight excluding hydrogens is 235 g/mol. The van der Waals surface area contributed by atoms with Gasteiger partial charge in [0.15, 0.2) is 0 Å². The Morgan fingerprint density at radius 1 is 1.54 bits per heavy atom. The monoisotopic (exact) mass is 246 g/mol. The minimum absolute atomic E-state index is 0.191. The summed E-state index contributed by atoms with van der Waals surface area (Å²) in [5, 5.41) is 0. The van der Waals surface area contributed by atoms with Crippen molar-refractivity contribution in [2.75, 3.05) is 13.7 Å². The normalized spacial score (nSPS) is 10.8. The number of benzene rings is 1. The average molecular weight is 247 g/mol. The third-order valence-corrected chi connectivity index (χ3v) is 2.25. The Labute approximate surface area is 85.7 Å². The molecule has 0 saturated heterocycles. The second kappa shape index (κ2) is 4.69. The Balaban J connectivity index is 2.81. The molecule has 0 bridgehead atoms. The van der Waals surface area contributed by atoms with E-state index in [-0.39, 0.29) is 5.82 Å². The van der Waals surface area contributed by atoms with E-state index in [1.807, 2.05) is 11.9 Å². The lowest BCUT2D eigenvalue weighted by atomic mass is 10.2. The largest absolute Gasteiger partial charge is 0.318 e. The zero-order chi connectivity index (χ0) is 9.84. The first-order chi connectivity index (χ1) is 6.13. The molecule has 0 spiro atoms. The van der Waals surface area contributed by atoms with Crippen molar-refractivity contribution < 1.29 is 4.39 Å². The fourth-order valence-electron chi connectivity index (χ4n) is 1.02. The van der Waals surface area contributed by atoms with E-state index in [1.54, 1.807) is 12.1 Å². The molecule has 0 fully saturated rings. The first-order valence-corrected chi connectivity index (χ1v) is 4.75. The summed E-state index contributed by atoms with van der Waals surface area (Å²) in [5.74, 6) is -0.191. The van der Waals surface area contributed by atoms with Crippen LogP contribution in [0, 0.1) is 5.82 Å².